The molecule has 0 aromatic heterocycles. The Hall–Kier alpha value is -3.19. The summed E-state index contributed by atoms with van der Waals surface area (Å²) in [6.45, 7) is 1.99. The largest absolute Gasteiger partial charge is 0.384 e. The maximum atomic E-state index is 11.9. The second kappa shape index (κ2) is 12.4. The fourth-order valence-electron chi connectivity index (χ4n) is 3.25. The predicted molar refractivity (Wildman–Crippen MR) is 121 cm³/mol. The Bertz CT molecular complexity index is 760. The van der Waals surface area contributed by atoms with Crippen molar-refractivity contribution in [1.29, 1.82) is 5.41 Å². The molecule has 2 aromatic rings. The third-order valence-corrected chi connectivity index (χ3v) is 5.01. The predicted octanol–water partition coefficient (Wildman–Crippen LogP) is 1.91. The molecule has 0 aliphatic carbocycles. The Balaban J connectivity index is 0.000000456. The topological polar surface area (TPSA) is 125 Å². The Kier molecular flexibility index (Phi) is 9.54. The lowest BCUT2D eigenvalue weighted by Gasteiger charge is -2.33. The molecule has 6 N–H and O–H groups in total. The summed E-state index contributed by atoms with van der Waals surface area (Å²) in [4.78, 5) is 24.6. The minimum Gasteiger partial charge on any atom is -0.384 e. The fraction of sp³-hybridized carbons (Fsp3) is 0.348. The van der Waals surface area contributed by atoms with E-state index in [4.69, 9.17) is 16.9 Å². The standard InChI is InChI=1S/C17H25N5O2.C6H6/c18-14(11-23)10-21-16(24)9-12-5-7-22(8-6-12)15-3-1-13(2-4-15)17(19)20;1-2-4-6-5-3-1/h1-4,11-12,14H,5-10,18H2,(H3,19,20)(H,21,24);1-6H. The second-order valence-electron chi connectivity index (χ2n) is 7.35. The van der Waals surface area contributed by atoms with E-state index >= 15 is 0 Å². The van der Waals surface area contributed by atoms with Crippen molar-refractivity contribution in [3.63, 3.8) is 0 Å². The van der Waals surface area contributed by atoms with Crippen molar-refractivity contribution in [2.24, 2.45) is 17.4 Å². The maximum absolute atomic E-state index is 11.9. The van der Waals surface area contributed by atoms with Gasteiger partial charge in [0.2, 0.25) is 5.91 Å². The highest BCUT2D eigenvalue weighted by Gasteiger charge is 2.22. The van der Waals surface area contributed by atoms with Crippen LogP contribution >= 0.6 is 0 Å². The number of nitrogens with one attached hydrogen (secondary N) is 2. The number of rotatable bonds is 7. The molecule has 0 radical (unpaired) electrons. The van der Waals surface area contributed by atoms with Crippen molar-refractivity contribution in [3.8, 4) is 0 Å². The Morgan fingerprint density at radius 1 is 1.10 bits per heavy atom. The molecule has 0 bridgehead atoms. The Morgan fingerprint density at radius 2 is 1.63 bits per heavy atom. The van der Waals surface area contributed by atoms with Crippen LogP contribution in [-0.2, 0) is 9.59 Å². The van der Waals surface area contributed by atoms with E-state index in [1.54, 1.807) is 0 Å². The first kappa shape index (κ1) is 23.1. The molecular weight excluding hydrogens is 378 g/mol. The van der Waals surface area contributed by atoms with Crippen molar-refractivity contribution in [3.05, 3.63) is 66.2 Å². The van der Waals surface area contributed by atoms with Gasteiger partial charge in [-0.25, -0.2) is 0 Å². The first-order valence-electron chi connectivity index (χ1n) is 10.2. The third kappa shape index (κ3) is 8.05. The van der Waals surface area contributed by atoms with Crippen molar-refractivity contribution in [1.82, 2.24) is 5.32 Å². The first-order valence-corrected chi connectivity index (χ1v) is 10.2. The summed E-state index contributed by atoms with van der Waals surface area (Å²) < 4.78 is 0. The molecule has 1 unspecified atom stereocenters. The molecule has 1 aliphatic rings. The SMILES string of the molecule is N=C(N)c1ccc(N2CCC(CC(=O)NCC(N)C=O)CC2)cc1.c1ccccc1. The van der Waals surface area contributed by atoms with Gasteiger partial charge in [-0.3, -0.25) is 10.2 Å². The number of anilines is 1. The molecule has 1 aliphatic heterocycles. The fourth-order valence-corrected chi connectivity index (χ4v) is 3.25. The number of hydrogen-bond acceptors (Lipinski definition) is 5. The molecule has 3 rings (SSSR count). The van der Waals surface area contributed by atoms with Crippen molar-refractivity contribution in [2.45, 2.75) is 25.3 Å². The second-order valence-corrected chi connectivity index (χ2v) is 7.35. The highest BCUT2D eigenvalue weighted by atomic mass is 16.1. The van der Waals surface area contributed by atoms with E-state index in [1.165, 1.54) is 0 Å². The summed E-state index contributed by atoms with van der Waals surface area (Å²) in [5.74, 6) is 0.377. The molecule has 0 spiro atoms. The lowest BCUT2D eigenvalue weighted by atomic mass is 9.93. The highest BCUT2D eigenvalue weighted by molar-refractivity contribution is 5.95. The molecule has 0 saturated carbocycles. The van der Waals surface area contributed by atoms with Gasteiger partial charge in [0.05, 0.1) is 6.04 Å². The van der Waals surface area contributed by atoms with E-state index in [9.17, 15) is 9.59 Å². The average Bonchev–Trinajstić information content (AvgIpc) is 2.79. The zero-order chi connectivity index (χ0) is 21.8. The number of piperidine rings is 1. The summed E-state index contributed by atoms with van der Waals surface area (Å²) in [7, 11) is 0. The van der Waals surface area contributed by atoms with Gasteiger partial charge in [0.1, 0.15) is 12.1 Å². The summed E-state index contributed by atoms with van der Waals surface area (Å²) in [5, 5.41) is 10.1. The van der Waals surface area contributed by atoms with Crippen molar-refractivity contribution in [2.75, 3.05) is 24.5 Å². The van der Waals surface area contributed by atoms with Gasteiger partial charge in [0.25, 0.3) is 0 Å². The van der Waals surface area contributed by atoms with Crippen LogP contribution in [0.2, 0.25) is 0 Å². The summed E-state index contributed by atoms with van der Waals surface area (Å²) in [5.41, 5.74) is 12.8. The van der Waals surface area contributed by atoms with E-state index in [1.807, 2.05) is 60.7 Å². The molecule has 7 nitrogen and oxygen atoms in total. The molecule has 1 saturated heterocycles. The van der Waals surface area contributed by atoms with Crippen LogP contribution in [0.25, 0.3) is 0 Å². The quantitative estimate of drug-likeness (QED) is 0.316. The number of carbonyl (C=O) groups is 2. The molecule has 2 aromatic carbocycles. The molecule has 1 atom stereocenters. The summed E-state index contributed by atoms with van der Waals surface area (Å²) in [6.07, 6.45) is 3.00. The minimum absolute atomic E-state index is 0.0449. The number of nitrogens with zero attached hydrogens (tertiary/aromatic N) is 1. The average molecular weight is 410 g/mol. The van der Waals surface area contributed by atoms with E-state index in [2.05, 4.69) is 10.2 Å². The zero-order valence-electron chi connectivity index (χ0n) is 17.2. The number of amides is 1. The van der Waals surface area contributed by atoms with Gasteiger partial charge in [-0.1, -0.05) is 36.4 Å². The number of hydrogen-bond donors (Lipinski definition) is 4. The molecule has 7 heteroatoms. The van der Waals surface area contributed by atoms with Gasteiger partial charge in [-0.05, 0) is 43.0 Å². The number of nitrogens with two attached hydrogens (primary N) is 2. The van der Waals surface area contributed by atoms with Crippen LogP contribution < -0.4 is 21.7 Å². The van der Waals surface area contributed by atoms with Crippen LogP contribution in [0.5, 0.6) is 0 Å². The Labute approximate surface area is 178 Å². The number of amidine groups is 1. The molecule has 1 fully saturated rings. The molecule has 1 heterocycles. The number of carbonyl (C=O) groups excluding carboxylic acids is 2. The van der Waals surface area contributed by atoms with Crippen molar-refractivity contribution >= 4 is 23.7 Å². The Morgan fingerprint density at radius 3 is 2.10 bits per heavy atom. The molecule has 160 valence electrons. The minimum atomic E-state index is -0.631. The van der Waals surface area contributed by atoms with Gasteiger partial charge < -0.3 is 26.5 Å². The third-order valence-electron chi connectivity index (χ3n) is 5.01. The molecular formula is C23H31N5O2. The summed E-state index contributed by atoms with van der Waals surface area (Å²) in [6, 6.07) is 19.0. The number of benzene rings is 2. The van der Waals surface area contributed by atoms with E-state index in [0.29, 0.717) is 18.6 Å². The van der Waals surface area contributed by atoms with Gasteiger partial charge in [0, 0.05) is 37.3 Å². The van der Waals surface area contributed by atoms with Gasteiger partial charge >= 0.3 is 0 Å². The van der Waals surface area contributed by atoms with Gasteiger partial charge in [0.15, 0.2) is 0 Å². The molecule has 30 heavy (non-hydrogen) atoms. The lowest BCUT2D eigenvalue weighted by Crippen LogP contribution is -2.40. The smallest absolute Gasteiger partial charge is 0.220 e. The van der Waals surface area contributed by atoms with Crippen LogP contribution in [0, 0.1) is 11.3 Å². The lowest BCUT2D eigenvalue weighted by molar-refractivity contribution is -0.122. The highest BCUT2D eigenvalue weighted by Crippen LogP contribution is 2.25. The zero-order valence-corrected chi connectivity index (χ0v) is 17.2. The monoisotopic (exact) mass is 409 g/mol. The maximum Gasteiger partial charge on any atom is 0.220 e. The summed E-state index contributed by atoms with van der Waals surface area (Å²) >= 11 is 0. The van der Waals surface area contributed by atoms with Gasteiger partial charge in [-0.15, -0.1) is 0 Å². The van der Waals surface area contributed by atoms with Crippen molar-refractivity contribution < 1.29 is 9.59 Å². The van der Waals surface area contributed by atoms with E-state index in [-0.39, 0.29) is 18.3 Å². The van der Waals surface area contributed by atoms with Crippen LogP contribution in [-0.4, -0.2) is 43.7 Å². The van der Waals surface area contributed by atoms with E-state index < -0.39 is 6.04 Å². The van der Waals surface area contributed by atoms with E-state index in [0.717, 1.165) is 37.2 Å². The van der Waals surface area contributed by atoms with Crippen LogP contribution in [0.15, 0.2) is 60.7 Å². The number of nitrogen functional groups attached to an aromatic ring is 1. The normalized spacial score (nSPS) is 14.8. The van der Waals surface area contributed by atoms with Gasteiger partial charge in [-0.2, -0.15) is 0 Å². The van der Waals surface area contributed by atoms with Crippen LogP contribution in [0.4, 0.5) is 5.69 Å². The number of aldehydes is 1. The molecule has 1 amide bonds. The van der Waals surface area contributed by atoms with Crippen LogP contribution in [0.1, 0.15) is 24.8 Å². The van der Waals surface area contributed by atoms with Crippen LogP contribution in [0.3, 0.4) is 0 Å². The first-order chi connectivity index (χ1) is 14.5.